The van der Waals surface area contributed by atoms with Crippen LogP contribution in [0, 0.1) is 0 Å². The van der Waals surface area contributed by atoms with Crippen molar-refractivity contribution in [2.24, 2.45) is 7.05 Å². The maximum atomic E-state index is 12.5. The highest BCUT2D eigenvalue weighted by Crippen LogP contribution is 2.16. The zero-order valence-electron chi connectivity index (χ0n) is 16.9. The first kappa shape index (κ1) is 19.6. The van der Waals surface area contributed by atoms with Gasteiger partial charge in [0.05, 0.1) is 23.3 Å². The van der Waals surface area contributed by atoms with Gasteiger partial charge in [0.2, 0.25) is 0 Å². The second-order valence-corrected chi connectivity index (χ2v) is 7.68. The lowest BCUT2D eigenvalue weighted by molar-refractivity contribution is 0.0117. The van der Waals surface area contributed by atoms with Gasteiger partial charge in [-0.05, 0) is 50.6 Å². The fraction of sp³-hybridized carbons (Fsp3) is 0.476. The third-order valence-electron chi connectivity index (χ3n) is 5.62. The second kappa shape index (κ2) is 8.34. The van der Waals surface area contributed by atoms with Crippen molar-refractivity contribution in [1.29, 1.82) is 0 Å². The molecule has 0 radical (unpaired) electrons. The van der Waals surface area contributed by atoms with Gasteiger partial charge < -0.3 is 19.5 Å². The maximum Gasteiger partial charge on any atom is 0.276 e. The number of nitrogens with zero attached hydrogens (tertiary/aromatic N) is 4. The molecule has 0 spiro atoms. The van der Waals surface area contributed by atoms with Crippen molar-refractivity contribution in [1.82, 2.24) is 24.4 Å². The quantitative estimate of drug-likeness (QED) is 0.636. The van der Waals surface area contributed by atoms with Gasteiger partial charge in [-0.15, -0.1) is 0 Å². The Morgan fingerprint density at radius 1 is 1.17 bits per heavy atom. The van der Waals surface area contributed by atoms with Crippen molar-refractivity contribution in [3.63, 3.8) is 0 Å². The fourth-order valence-electron chi connectivity index (χ4n) is 3.83. The number of benzene rings is 1. The number of carbonyl (C=O) groups is 1. The Labute approximate surface area is 169 Å². The zero-order chi connectivity index (χ0) is 20.4. The molecule has 29 heavy (non-hydrogen) atoms. The topological polar surface area (TPSA) is 80.9 Å². The monoisotopic (exact) mass is 397 g/mol. The lowest BCUT2D eigenvalue weighted by Gasteiger charge is -2.28. The number of ether oxygens (including phenoxy) is 1. The van der Waals surface area contributed by atoms with E-state index in [4.69, 9.17) is 4.74 Å². The minimum absolute atomic E-state index is 0.140. The molecule has 0 unspecified atom stereocenters. The van der Waals surface area contributed by atoms with E-state index < -0.39 is 0 Å². The number of carbonyl (C=O) groups excluding carboxylic acids is 1. The summed E-state index contributed by atoms with van der Waals surface area (Å²) in [5.74, 6) is -0.154. The first-order valence-electron chi connectivity index (χ1n) is 10.1. The molecule has 8 heteroatoms. The normalized spacial score (nSPS) is 15.9. The van der Waals surface area contributed by atoms with Gasteiger partial charge in [-0.25, -0.2) is 4.52 Å². The van der Waals surface area contributed by atoms with Gasteiger partial charge in [0.1, 0.15) is 5.52 Å². The number of hydrogen-bond acceptors (Lipinski definition) is 5. The Hall–Kier alpha value is -2.71. The van der Waals surface area contributed by atoms with Crippen LogP contribution in [-0.2, 0) is 11.8 Å². The lowest BCUT2D eigenvalue weighted by Crippen LogP contribution is -2.34. The number of aromatic nitrogens is 3. The fourth-order valence-corrected chi connectivity index (χ4v) is 3.83. The van der Waals surface area contributed by atoms with E-state index >= 15 is 0 Å². The Morgan fingerprint density at radius 3 is 2.76 bits per heavy atom. The zero-order valence-corrected chi connectivity index (χ0v) is 16.9. The van der Waals surface area contributed by atoms with E-state index in [1.807, 2.05) is 6.07 Å². The van der Waals surface area contributed by atoms with Gasteiger partial charge >= 0.3 is 0 Å². The largest absolute Gasteiger partial charge is 0.378 e. The highest BCUT2D eigenvalue weighted by Gasteiger charge is 2.17. The molecule has 0 bridgehead atoms. The minimum atomic E-state index is -0.154. The summed E-state index contributed by atoms with van der Waals surface area (Å²) in [6.45, 7) is 3.37. The number of hydrogen-bond donors (Lipinski definition) is 1. The summed E-state index contributed by atoms with van der Waals surface area (Å²) < 4.78 is 9.08. The number of aryl methyl sites for hydroxylation is 1. The third-order valence-corrected chi connectivity index (χ3v) is 5.62. The van der Waals surface area contributed by atoms with E-state index in [2.05, 4.69) is 22.4 Å². The van der Waals surface area contributed by atoms with Gasteiger partial charge in [-0.1, -0.05) is 0 Å². The van der Waals surface area contributed by atoms with Crippen LogP contribution in [0.3, 0.4) is 0 Å². The molecule has 3 heterocycles. The van der Waals surface area contributed by atoms with Crippen LogP contribution < -0.4 is 10.9 Å². The molecule has 1 saturated heterocycles. The number of fused-ring (bicyclic) bond motifs is 3. The smallest absolute Gasteiger partial charge is 0.276 e. The van der Waals surface area contributed by atoms with Gasteiger partial charge in [0, 0.05) is 38.9 Å². The van der Waals surface area contributed by atoms with E-state index in [0.717, 1.165) is 37.9 Å². The molecule has 2 aromatic heterocycles. The van der Waals surface area contributed by atoms with Crippen molar-refractivity contribution < 1.29 is 9.53 Å². The summed E-state index contributed by atoms with van der Waals surface area (Å²) in [5, 5.41) is 7.16. The highest BCUT2D eigenvalue weighted by atomic mass is 16.5. The summed E-state index contributed by atoms with van der Waals surface area (Å²) in [7, 11) is 3.84. The molecule has 1 aromatic carbocycles. The average Bonchev–Trinajstić information content (AvgIpc) is 3.23. The van der Waals surface area contributed by atoms with Crippen LogP contribution in [0.15, 0.2) is 35.3 Å². The van der Waals surface area contributed by atoms with Crippen LogP contribution in [0.5, 0.6) is 0 Å². The molecule has 0 aliphatic carbocycles. The minimum Gasteiger partial charge on any atom is -0.378 e. The summed E-state index contributed by atoms with van der Waals surface area (Å²) in [6.07, 6.45) is 4.86. The molecule has 0 atom stereocenters. The van der Waals surface area contributed by atoms with Crippen molar-refractivity contribution >= 4 is 22.5 Å². The lowest BCUT2D eigenvalue weighted by atomic mass is 10.1. The SMILES string of the molecule is CN1CCC(OCCCNC(=O)c2ccc3c(c2)n(C)c(=O)c2ccnn23)CC1. The Morgan fingerprint density at radius 2 is 1.97 bits per heavy atom. The summed E-state index contributed by atoms with van der Waals surface area (Å²) in [6, 6.07) is 7.02. The van der Waals surface area contributed by atoms with Gasteiger partial charge in [0.15, 0.2) is 0 Å². The van der Waals surface area contributed by atoms with E-state index in [9.17, 15) is 9.59 Å². The van der Waals surface area contributed by atoms with Crippen LogP contribution in [0.25, 0.3) is 16.6 Å². The van der Waals surface area contributed by atoms with E-state index in [0.29, 0.717) is 35.9 Å². The second-order valence-electron chi connectivity index (χ2n) is 7.68. The van der Waals surface area contributed by atoms with Crippen molar-refractivity contribution in [2.45, 2.75) is 25.4 Å². The van der Waals surface area contributed by atoms with Crippen LogP contribution in [-0.4, -0.2) is 64.4 Å². The number of amides is 1. The average molecular weight is 397 g/mol. The van der Waals surface area contributed by atoms with Gasteiger partial charge in [0.25, 0.3) is 11.5 Å². The number of piperidine rings is 1. The molecule has 1 N–H and O–H groups in total. The standard InChI is InChI=1S/C21H27N5O3/c1-24-11-7-16(8-12-24)29-13-3-9-22-20(27)15-4-5-17-19(14-15)25(2)21(28)18-6-10-23-26(17)18/h4-6,10,14,16H,3,7-9,11-13H2,1-2H3,(H,22,27). The first-order valence-corrected chi connectivity index (χ1v) is 10.1. The van der Waals surface area contributed by atoms with Crippen LogP contribution in [0.4, 0.5) is 0 Å². The Balaban J connectivity index is 1.36. The van der Waals surface area contributed by atoms with E-state index in [1.165, 1.54) is 0 Å². The molecule has 1 aliphatic rings. The van der Waals surface area contributed by atoms with Gasteiger partial charge in [-0.3, -0.25) is 9.59 Å². The molecule has 154 valence electrons. The maximum absolute atomic E-state index is 12.5. The third kappa shape index (κ3) is 4.04. The predicted molar refractivity (Wildman–Crippen MR) is 111 cm³/mol. The van der Waals surface area contributed by atoms with E-state index in [-0.39, 0.29) is 11.5 Å². The molecule has 1 amide bonds. The molecular formula is C21H27N5O3. The first-order chi connectivity index (χ1) is 14.0. The highest BCUT2D eigenvalue weighted by molar-refractivity contribution is 5.97. The molecule has 0 saturated carbocycles. The Kier molecular flexibility index (Phi) is 5.64. The molecule has 4 rings (SSSR count). The molecular weight excluding hydrogens is 370 g/mol. The van der Waals surface area contributed by atoms with Crippen LogP contribution >= 0.6 is 0 Å². The number of rotatable bonds is 6. The number of likely N-dealkylation sites (tertiary alicyclic amines) is 1. The molecule has 1 fully saturated rings. The molecule has 8 nitrogen and oxygen atoms in total. The van der Waals surface area contributed by atoms with Crippen molar-refractivity contribution in [3.05, 3.63) is 46.4 Å². The summed E-state index contributed by atoms with van der Waals surface area (Å²) in [4.78, 5) is 27.3. The Bertz CT molecular complexity index is 1080. The van der Waals surface area contributed by atoms with Crippen molar-refractivity contribution in [2.75, 3.05) is 33.3 Å². The van der Waals surface area contributed by atoms with Crippen molar-refractivity contribution in [3.8, 4) is 0 Å². The molecule has 3 aromatic rings. The summed E-state index contributed by atoms with van der Waals surface area (Å²) in [5.41, 5.74) is 2.36. The van der Waals surface area contributed by atoms with Gasteiger partial charge in [-0.2, -0.15) is 5.10 Å². The van der Waals surface area contributed by atoms with E-state index in [1.54, 1.807) is 40.5 Å². The van der Waals surface area contributed by atoms with Crippen LogP contribution in [0.1, 0.15) is 29.6 Å². The number of nitrogens with one attached hydrogen (secondary N) is 1. The summed E-state index contributed by atoms with van der Waals surface area (Å²) >= 11 is 0. The predicted octanol–water partition coefficient (Wildman–Crippen LogP) is 1.42. The molecule has 1 aliphatic heterocycles. The van der Waals surface area contributed by atoms with Crippen LogP contribution in [0.2, 0.25) is 0 Å².